The first-order valence-corrected chi connectivity index (χ1v) is 5.92. The highest BCUT2D eigenvalue weighted by molar-refractivity contribution is 7.71. The Morgan fingerprint density at radius 1 is 1.24 bits per heavy atom. The summed E-state index contributed by atoms with van der Waals surface area (Å²) < 4.78 is 0.604. The zero-order valence-corrected chi connectivity index (χ0v) is 10.8. The average Bonchev–Trinajstić information content (AvgIpc) is 2.27. The van der Waals surface area contributed by atoms with Crippen molar-refractivity contribution in [2.24, 2.45) is 0 Å². The van der Waals surface area contributed by atoms with E-state index in [1.54, 1.807) is 0 Å². The van der Waals surface area contributed by atoms with Crippen molar-refractivity contribution in [1.29, 1.82) is 0 Å². The SMILES string of the molecule is Cc1ccc(CNc2cc(=S)nc(C)[nH]2)cc1. The van der Waals surface area contributed by atoms with Crippen LogP contribution in [0.25, 0.3) is 0 Å². The lowest BCUT2D eigenvalue weighted by atomic mass is 10.1. The number of H-pyrrole nitrogens is 1. The maximum absolute atomic E-state index is 5.06. The van der Waals surface area contributed by atoms with Crippen LogP contribution in [0.3, 0.4) is 0 Å². The van der Waals surface area contributed by atoms with Crippen molar-refractivity contribution in [3.05, 3.63) is 51.9 Å². The van der Waals surface area contributed by atoms with Crippen molar-refractivity contribution in [2.75, 3.05) is 5.32 Å². The molecule has 0 atom stereocenters. The molecule has 17 heavy (non-hydrogen) atoms. The molecule has 0 unspecified atom stereocenters. The van der Waals surface area contributed by atoms with E-state index in [1.807, 2.05) is 13.0 Å². The molecule has 0 amide bonds. The number of aromatic nitrogens is 2. The van der Waals surface area contributed by atoms with Gasteiger partial charge in [0.25, 0.3) is 0 Å². The van der Waals surface area contributed by atoms with Gasteiger partial charge in [0.05, 0.1) is 0 Å². The lowest BCUT2D eigenvalue weighted by Crippen LogP contribution is -2.03. The summed E-state index contributed by atoms with van der Waals surface area (Å²) in [7, 11) is 0. The summed E-state index contributed by atoms with van der Waals surface area (Å²) in [5.41, 5.74) is 2.51. The molecule has 0 spiro atoms. The quantitative estimate of drug-likeness (QED) is 0.815. The Morgan fingerprint density at radius 2 is 1.94 bits per heavy atom. The van der Waals surface area contributed by atoms with E-state index in [9.17, 15) is 0 Å². The van der Waals surface area contributed by atoms with Crippen LogP contribution in [0.15, 0.2) is 30.3 Å². The van der Waals surface area contributed by atoms with E-state index < -0.39 is 0 Å². The summed E-state index contributed by atoms with van der Waals surface area (Å²) in [6, 6.07) is 10.3. The predicted molar refractivity (Wildman–Crippen MR) is 72.7 cm³/mol. The van der Waals surface area contributed by atoms with E-state index in [1.165, 1.54) is 11.1 Å². The number of aromatic amines is 1. The van der Waals surface area contributed by atoms with E-state index in [4.69, 9.17) is 12.2 Å². The highest BCUT2D eigenvalue weighted by atomic mass is 32.1. The fourth-order valence-electron chi connectivity index (χ4n) is 1.58. The van der Waals surface area contributed by atoms with Gasteiger partial charge in [-0.2, -0.15) is 0 Å². The Kier molecular flexibility index (Phi) is 3.54. The molecule has 3 nitrogen and oxygen atoms in total. The van der Waals surface area contributed by atoms with E-state index in [-0.39, 0.29) is 0 Å². The summed E-state index contributed by atoms with van der Waals surface area (Å²) in [5.74, 6) is 1.73. The standard InChI is InChI=1S/C13H15N3S/c1-9-3-5-11(6-4-9)8-14-12-7-13(17)16-10(2)15-12/h3-7H,8H2,1-2H3,(H2,14,15,16,17). The van der Waals surface area contributed by atoms with Crippen LogP contribution in [0.1, 0.15) is 17.0 Å². The number of anilines is 1. The van der Waals surface area contributed by atoms with Crippen molar-refractivity contribution in [2.45, 2.75) is 20.4 Å². The largest absolute Gasteiger partial charge is 0.367 e. The highest BCUT2D eigenvalue weighted by Gasteiger charge is 1.96. The molecule has 1 aromatic heterocycles. The topological polar surface area (TPSA) is 40.7 Å². The lowest BCUT2D eigenvalue weighted by molar-refractivity contribution is 1.01. The number of rotatable bonds is 3. The van der Waals surface area contributed by atoms with Gasteiger partial charge in [0.2, 0.25) is 0 Å². The Labute approximate surface area is 106 Å². The third-order valence-electron chi connectivity index (χ3n) is 2.46. The van der Waals surface area contributed by atoms with Crippen LogP contribution in [0.5, 0.6) is 0 Å². The lowest BCUT2D eigenvalue weighted by Gasteiger charge is -2.07. The monoisotopic (exact) mass is 245 g/mol. The molecule has 0 aliphatic carbocycles. The second-order valence-corrected chi connectivity index (χ2v) is 4.48. The number of hydrogen-bond acceptors (Lipinski definition) is 3. The number of nitrogens with zero attached hydrogens (tertiary/aromatic N) is 1. The van der Waals surface area contributed by atoms with Gasteiger partial charge in [0.15, 0.2) is 0 Å². The van der Waals surface area contributed by atoms with E-state index in [0.717, 1.165) is 18.2 Å². The zero-order chi connectivity index (χ0) is 12.3. The predicted octanol–water partition coefficient (Wildman–Crippen LogP) is 3.37. The minimum Gasteiger partial charge on any atom is -0.367 e. The van der Waals surface area contributed by atoms with Crippen molar-refractivity contribution in [3.8, 4) is 0 Å². The molecule has 2 rings (SSSR count). The number of benzene rings is 1. The summed E-state index contributed by atoms with van der Waals surface area (Å²) >= 11 is 5.06. The first kappa shape index (κ1) is 11.8. The van der Waals surface area contributed by atoms with Crippen molar-refractivity contribution < 1.29 is 0 Å². The zero-order valence-electron chi connectivity index (χ0n) is 9.95. The summed E-state index contributed by atoms with van der Waals surface area (Å²) in [4.78, 5) is 7.26. The van der Waals surface area contributed by atoms with E-state index in [2.05, 4.69) is 46.5 Å². The summed E-state index contributed by atoms with van der Waals surface area (Å²) in [6.45, 7) is 4.75. The molecule has 0 saturated heterocycles. The maximum atomic E-state index is 5.06. The Hall–Kier alpha value is -1.68. The van der Waals surface area contributed by atoms with Crippen LogP contribution >= 0.6 is 12.2 Å². The Balaban J connectivity index is 2.07. The number of hydrogen-bond donors (Lipinski definition) is 2. The molecule has 0 aliphatic heterocycles. The molecule has 0 bridgehead atoms. The maximum Gasteiger partial charge on any atom is 0.131 e. The van der Waals surface area contributed by atoms with Gasteiger partial charge in [0.1, 0.15) is 16.3 Å². The third-order valence-corrected chi connectivity index (χ3v) is 2.67. The molecule has 0 aliphatic rings. The second-order valence-electron chi connectivity index (χ2n) is 4.06. The second kappa shape index (κ2) is 5.10. The molecule has 2 N–H and O–H groups in total. The van der Waals surface area contributed by atoms with Crippen LogP contribution in [-0.4, -0.2) is 9.97 Å². The van der Waals surface area contributed by atoms with Gasteiger partial charge >= 0.3 is 0 Å². The molecule has 0 saturated carbocycles. The molecular weight excluding hydrogens is 230 g/mol. The van der Waals surface area contributed by atoms with Crippen molar-refractivity contribution >= 4 is 18.0 Å². The Bertz CT molecular complexity index is 558. The minimum absolute atomic E-state index is 0.604. The minimum atomic E-state index is 0.604. The fraction of sp³-hybridized carbons (Fsp3) is 0.231. The van der Waals surface area contributed by atoms with Crippen LogP contribution in [-0.2, 0) is 6.54 Å². The van der Waals surface area contributed by atoms with Gasteiger partial charge in [0, 0.05) is 12.6 Å². The van der Waals surface area contributed by atoms with E-state index in [0.29, 0.717) is 4.64 Å². The van der Waals surface area contributed by atoms with Crippen LogP contribution in [0.4, 0.5) is 5.82 Å². The molecule has 88 valence electrons. The van der Waals surface area contributed by atoms with Gasteiger partial charge in [-0.05, 0) is 19.4 Å². The van der Waals surface area contributed by atoms with Gasteiger partial charge in [-0.3, -0.25) is 0 Å². The van der Waals surface area contributed by atoms with Gasteiger partial charge in [-0.15, -0.1) is 0 Å². The first-order valence-electron chi connectivity index (χ1n) is 5.51. The van der Waals surface area contributed by atoms with Crippen LogP contribution < -0.4 is 5.32 Å². The molecule has 0 radical (unpaired) electrons. The first-order chi connectivity index (χ1) is 8.13. The third kappa shape index (κ3) is 3.39. The number of aryl methyl sites for hydroxylation is 2. The average molecular weight is 245 g/mol. The van der Waals surface area contributed by atoms with Crippen molar-refractivity contribution in [1.82, 2.24) is 9.97 Å². The molecule has 2 aromatic rings. The highest BCUT2D eigenvalue weighted by Crippen LogP contribution is 2.08. The molecule has 1 heterocycles. The summed E-state index contributed by atoms with van der Waals surface area (Å²) in [5, 5.41) is 3.30. The van der Waals surface area contributed by atoms with Crippen LogP contribution in [0, 0.1) is 18.5 Å². The fourth-order valence-corrected chi connectivity index (χ4v) is 1.83. The molecule has 4 heteroatoms. The van der Waals surface area contributed by atoms with Crippen molar-refractivity contribution in [3.63, 3.8) is 0 Å². The normalized spacial score (nSPS) is 10.2. The molecule has 0 fully saturated rings. The molecular formula is C13H15N3S. The smallest absolute Gasteiger partial charge is 0.131 e. The Morgan fingerprint density at radius 3 is 2.59 bits per heavy atom. The number of nitrogens with one attached hydrogen (secondary N) is 2. The van der Waals surface area contributed by atoms with Gasteiger partial charge < -0.3 is 10.3 Å². The van der Waals surface area contributed by atoms with E-state index >= 15 is 0 Å². The van der Waals surface area contributed by atoms with Gasteiger partial charge in [-0.1, -0.05) is 42.0 Å². The molecule has 1 aromatic carbocycles. The van der Waals surface area contributed by atoms with Gasteiger partial charge in [-0.25, -0.2) is 4.98 Å². The summed E-state index contributed by atoms with van der Waals surface area (Å²) in [6.07, 6.45) is 0. The van der Waals surface area contributed by atoms with Crippen LogP contribution in [0.2, 0.25) is 0 Å².